The molecule has 0 aliphatic rings. The van der Waals surface area contributed by atoms with Crippen LogP contribution in [0.1, 0.15) is 12.0 Å². The van der Waals surface area contributed by atoms with E-state index >= 15 is 0 Å². The molecule has 0 aromatic heterocycles. The number of nitrogens with one attached hydrogen (secondary N) is 1. The van der Waals surface area contributed by atoms with Crippen molar-refractivity contribution < 1.29 is 22.3 Å². The Morgan fingerprint density at radius 3 is 2.52 bits per heavy atom. The first kappa shape index (κ1) is 21.3. The quantitative estimate of drug-likeness (QED) is 0.689. The molecule has 0 bridgehead atoms. The number of anilines is 1. The smallest absolute Gasteiger partial charge is 0.242 e. The molecule has 1 N–H and O–H groups in total. The summed E-state index contributed by atoms with van der Waals surface area (Å²) < 4.78 is 45.3. The van der Waals surface area contributed by atoms with Crippen LogP contribution in [0.4, 0.5) is 10.1 Å². The molecule has 0 unspecified atom stereocenters. The maximum Gasteiger partial charge on any atom is 0.242 e. The lowest BCUT2D eigenvalue weighted by Crippen LogP contribution is -2.22. The molecular weight excluding hydrogens is 439 g/mol. The summed E-state index contributed by atoms with van der Waals surface area (Å²) in [6.07, 6.45) is 0.279. The molecule has 0 fully saturated rings. The van der Waals surface area contributed by atoms with Crippen LogP contribution in [0.3, 0.4) is 0 Å². The predicted molar refractivity (Wildman–Crippen MR) is 105 cm³/mol. The number of benzene rings is 2. The van der Waals surface area contributed by atoms with Crippen molar-refractivity contribution in [3.8, 4) is 5.75 Å². The highest BCUT2D eigenvalue weighted by Gasteiger charge is 2.19. The highest BCUT2D eigenvalue weighted by atomic mass is 79.9. The Bertz CT molecular complexity index is 948. The fraction of sp³-hybridized carbons (Fsp3) is 0.278. The van der Waals surface area contributed by atoms with E-state index in [1.54, 1.807) is 12.1 Å². The number of halogens is 2. The number of aryl methyl sites for hydroxylation is 1. The van der Waals surface area contributed by atoms with E-state index < -0.39 is 15.8 Å². The SMILES string of the molecule is COc1ccc(S(=O)(=O)N(C)C)cc1CCC(=O)Nc1ccc(Br)cc1F. The van der Waals surface area contributed by atoms with Gasteiger partial charge in [0.05, 0.1) is 17.7 Å². The van der Waals surface area contributed by atoms with Gasteiger partial charge in [0.1, 0.15) is 11.6 Å². The zero-order valence-electron chi connectivity index (χ0n) is 15.1. The van der Waals surface area contributed by atoms with E-state index in [1.807, 2.05) is 0 Å². The summed E-state index contributed by atoms with van der Waals surface area (Å²) in [6, 6.07) is 8.84. The number of carbonyl (C=O) groups is 1. The van der Waals surface area contributed by atoms with Gasteiger partial charge in [-0.15, -0.1) is 0 Å². The summed E-state index contributed by atoms with van der Waals surface area (Å²) in [5, 5.41) is 2.51. The first-order valence-corrected chi connectivity index (χ1v) is 10.2. The number of hydrogen-bond acceptors (Lipinski definition) is 4. The van der Waals surface area contributed by atoms with Crippen LogP contribution in [0.15, 0.2) is 45.8 Å². The number of amides is 1. The third kappa shape index (κ3) is 5.27. The molecule has 0 radical (unpaired) electrons. The van der Waals surface area contributed by atoms with Gasteiger partial charge in [-0.3, -0.25) is 4.79 Å². The van der Waals surface area contributed by atoms with Crippen LogP contribution in [0, 0.1) is 5.82 Å². The van der Waals surface area contributed by atoms with Crippen molar-refractivity contribution >= 4 is 37.5 Å². The fourth-order valence-electron chi connectivity index (χ4n) is 2.37. The molecule has 9 heteroatoms. The second-order valence-corrected chi connectivity index (χ2v) is 9.00. The minimum Gasteiger partial charge on any atom is -0.496 e. The van der Waals surface area contributed by atoms with Gasteiger partial charge < -0.3 is 10.1 Å². The summed E-state index contributed by atoms with van der Waals surface area (Å²) >= 11 is 3.15. The Balaban J connectivity index is 2.15. The molecule has 27 heavy (non-hydrogen) atoms. The zero-order chi connectivity index (χ0) is 20.2. The number of ether oxygens (including phenoxy) is 1. The van der Waals surface area contributed by atoms with Crippen molar-refractivity contribution in [1.29, 1.82) is 0 Å². The topological polar surface area (TPSA) is 75.7 Å². The molecule has 0 aliphatic heterocycles. The lowest BCUT2D eigenvalue weighted by molar-refractivity contribution is -0.116. The molecule has 0 aliphatic carbocycles. The Labute approximate surface area is 166 Å². The fourth-order valence-corrected chi connectivity index (χ4v) is 3.66. The number of carbonyl (C=O) groups excluding carboxylic acids is 1. The molecule has 0 spiro atoms. The van der Waals surface area contributed by atoms with Crippen molar-refractivity contribution in [2.75, 3.05) is 26.5 Å². The molecule has 0 saturated heterocycles. The van der Waals surface area contributed by atoms with E-state index in [0.29, 0.717) is 15.8 Å². The first-order valence-electron chi connectivity index (χ1n) is 7.99. The standard InChI is InChI=1S/C18H20BrFN2O4S/c1-22(2)27(24,25)14-6-8-17(26-3)12(10-14)4-9-18(23)21-16-7-5-13(19)11-15(16)20/h5-8,10-11H,4,9H2,1-3H3,(H,21,23). The Morgan fingerprint density at radius 1 is 1.22 bits per heavy atom. The van der Waals surface area contributed by atoms with Gasteiger partial charge in [0, 0.05) is 25.0 Å². The summed E-state index contributed by atoms with van der Waals surface area (Å²) in [5.74, 6) is -0.455. The summed E-state index contributed by atoms with van der Waals surface area (Å²) in [6.45, 7) is 0. The van der Waals surface area contributed by atoms with Gasteiger partial charge in [-0.05, 0) is 48.4 Å². The number of rotatable bonds is 7. The van der Waals surface area contributed by atoms with Crippen LogP contribution >= 0.6 is 15.9 Å². The zero-order valence-corrected chi connectivity index (χ0v) is 17.5. The second kappa shape index (κ2) is 8.81. The molecule has 6 nitrogen and oxygen atoms in total. The molecule has 2 aromatic carbocycles. The Morgan fingerprint density at radius 2 is 1.93 bits per heavy atom. The number of nitrogens with zero attached hydrogens (tertiary/aromatic N) is 1. The minimum absolute atomic E-state index is 0.0390. The van der Waals surface area contributed by atoms with Crippen LogP contribution < -0.4 is 10.1 Å². The van der Waals surface area contributed by atoms with E-state index in [9.17, 15) is 17.6 Å². The maximum absolute atomic E-state index is 13.8. The van der Waals surface area contributed by atoms with Crippen LogP contribution in [-0.4, -0.2) is 39.8 Å². The van der Waals surface area contributed by atoms with Gasteiger partial charge >= 0.3 is 0 Å². The second-order valence-electron chi connectivity index (χ2n) is 5.93. The van der Waals surface area contributed by atoms with Gasteiger partial charge in [-0.25, -0.2) is 17.1 Å². The lowest BCUT2D eigenvalue weighted by Gasteiger charge is -2.14. The molecule has 0 atom stereocenters. The van der Waals surface area contributed by atoms with Gasteiger partial charge in [0.2, 0.25) is 15.9 Å². The molecule has 2 rings (SSSR count). The van der Waals surface area contributed by atoms with Crippen LogP contribution in [0.2, 0.25) is 0 Å². The summed E-state index contributed by atoms with van der Waals surface area (Å²) in [5.41, 5.74) is 0.658. The normalized spacial score (nSPS) is 11.5. The monoisotopic (exact) mass is 458 g/mol. The highest BCUT2D eigenvalue weighted by molar-refractivity contribution is 9.10. The van der Waals surface area contributed by atoms with Crippen molar-refractivity contribution in [3.05, 3.63) is 52.3 Å². The van der Waals surface area contributed by atoms with Crippen LogP contribution in [-0.2, 0) is 21.2 Å². The largest absolute Gasteiger partial charge is 0.496 e. The van der Waals surface area contributed by atoms with E-state index in [-0.39, 0.29) is 29.3 Å². The van der Waals surface area contributed by atoms with E-state index in [1.165, 1.54) is 45.5 Å². The third-order valence-electron chi connectivity index (χ3n) is 3.86. The Hall–Kier alpha value is -1.97. The van der Waals surface area contributed by atoms with Crippen molar-refractivity contribution in [2.24, 2.45) is 0 Å². The van der Waals surface area contributed by atoms with Gasteiger partial charge in [-0.2, -0.15) is 0 Å². The Kier molecular flexibility index (Phi) is 6.96. The molecule has 2 aromatic rings. The molecule has 146 valence electrons. The van der Waals surface area contributed by atoms with Crippen molar-refractivity contribution in [1.82, 2.24) is 4.31 Å². The molecule has 0 heterocycles. The summed E-state index contributed by atoms with van der Waals surface area (Å²) in [4.78, 5) is 12.3. The van der Waals surface area contributed by atoms with Crippen LogP contribution in [0.25, 0.3) is 0 Å². The third-order valence-corrected chi connectivity index (χ3v) is 6.16. The molecular formula is C18H20BrFN2O4S. The summed E-state index contributed by atoms with van der Waals surface area (Å²) in [7, 11) is 0.758. The van der Waals surface area contributed by atoms with E-state index in [2.05, 4.69) is 21.2 Å². The first-order chi connectivity index (χ1) is 12.6. The number of methoxy groups -OCH3 is 1. The predicted octanol–water partition coefficient (Wildman–Crippen LogP) is 3.42. The molecule has 1 amide bonds. The minimum atomic E-state index is -3.60. The average Bonchev–Trinajstić information content (AvgIpc) is 2.61. The number of hydrogen-bond donors (Lipinski definition) is 1. The molecule has 0 saturated carbocycles. The highest BCUT2D eigenvalue weighted by Crippen LogP contribution is 2.25. The maximum atomic E-state index is 13.8. The van der Waals surface area contributed by atoms with Crippen molar-refractivity contribution in [2.45, 2.75) is 17.7 Å². The van der Waals surface area contributed by atoms with Crippen molar-refractivity contribution in [3.63, 3.8) is 0 Å². The van der Waals surface area contributed by atoms with Gasteiger partial charge in [0.15, 0.2) is 0 Å². The van der Waals surface area contributed by atoms with Crippen LogP contribution in [0.5, 0.6) is 5.75 Å². The number of sulfonamides is 1. The van der Waals surface area contributed by atoms with E-state index in [4.69, 9.17) is 4.74 Å². The lowest BCUT2D eigenvalue weighted by atomic mass is 10.1. The average molecular weight is 459 g/mol. The van der Waals surface area contributed by atoms with Gasteiger partial charge in [-0.1, -0.05) is 15.9 Å². The van der Waals surface area contributed by atoms with Gasteiger partial charge in [0.25, 0.3) is 0 Å². The van der Waals surface area contributed by atoms with E-state index in [0.717, 1.165) is 4.31 Å².